The minimum atomic E-state index is 0.623. The smallest absolute Gasteiger partial charge is 0.143 e. The summed E-state index contributed by atoms with van der Waals surface area (Å²) in [6, 6.07) is 5.78. The van der Waals surface area contributed by atoms with Crippen molar-refractivity contribution in [1.82, 2.24) is 4.98 Å². The van der Waals surface area contributed by atoms with Gasteiger partial charge in [0.25, 0.3) is 0 Å². The van der Waals surface area contributed by atoms with Crippen molar-refractivity contribution >= 4 is 44.3 Å². The van der Waals surface area contributed by atoms with E-state index >= 15 is 0 Å². The summed E-state index contributed by atoms with van der Waals surface area (Å²) in [4.78, 5) is 4.43. The molecular weight excluding hydrogens is 289 g/mol. The maximum absolute atomic E-state index is 6.10. The van der Waals surface area contributed by atoms with Crippen molar-refractivity contribution < 1.29 is 0 Å². The van der Waals surface area contributed by atoms with Gasteiger partial charge in [0.2, 0.25) is 0 Å². The van der Waals surface area contributed by atoms with Gasteiger partial charge >= 0.3 is 0 Å². The Hall–Kier alpha value is -0.840. The second kappa shape index (κ2) is 4.57. The molecule has 1 heterocycles. The summed E-state index contributed by atoms with van der Waals surface area (Å²) in [5, 5.41) is 1.63. The Morgan fingerprint density at radius 3 is 2.88 bits per heavy atom. The number of nitrogens with two attached hydrogens (primary N) is 1. The van der Waals surface area contributed by atoms with Gasteiger partial charge in [0.1, 0.15) is 5.82 Å². The Balaban J connectivity index is 2.82. The minimum Gasteiger partial charge on any atom is -0.308 e. The summed E-state index contributed by atoms with van der Waals surface area (Å²) >= 11 is 9.59. The first-order valence-corrected chi connectivity index (χ1v) is 6.08. The van der Waals surface area contributed by atoms with Crippen LogP contribution in [-0.2, 0) is 6.42 Å². The van der Waals surface area contributed by atoms with Crippen molar-refractivity contribution in [2.24, 2.45) is 5.84 Å². The number of hydrogen-bond donors (Lipinski definition) is 2. The van der Waals surface area contributed by atoms with E-state index in [4.69, 9.17) is 17.4 Å². The van der Waals surface area contributed by atoms with Crippen LogP contribution in [0.1, 0.15) is 12.5 Å². The van der Waals surface area contributed by atoms with Crippen molar-refractivity contribution in [3.63, 3.8) is 0 Å². The molecule has 0 spiro atoms. The molecule has 1 aromatic heterocycles. The number of pyridine rings is 1. The average molecular weight is 301 g/mol. The third kappa shape index (κ3) is 1.88. The van der Waals surface area contributed by atoms with E-state index in [-0.39, 0.29) is 0 Å². The van der Waals surface area contributed by atoms with Gasteiger partial charge in [-0.2, -0.15) is 0 Å². The van der Waals surface area contributed by atoms with E-state index in [0.29, 0.717) is 10.8 Å². The maximum atomic E-state index is 6.10. The highest BCUT2D eigenvalue weighted by Crippen LogP contribution is 2.31. The fourth-order valence-electron chi connectivity index (χ4n) is 1.63. The van der Waals surface area contributed by atoms with E-state index in [0.717, 1.165) is 27.4 Å². The van der Waals surface area contributed by atoms with Crippen LogP contribution in [0.5, 0.6) is 0 Å². The summed E-state index contributed by atoms with van der Waals surface area (Å²) in [5.41, 5.74) is 4.42. The Morgan fingerprint density at radius 1 is 1.50 bits per heavy atom. The molecule has 0 atom stereocenters. The molecule has 2 rings (SSSR count). The molecule has 0 amide bonds. The number of nitrogens with zero attached hydrogens (tertiary/aromatic N) is 1. The van der Waals surface area contributed by atoms with Crippen molar-refractivity contribution in [3.05, 3.63) is 33.3 Å². The first kappa shape index (κ1) is 11.6. The number of aromatic nitrogens is 1. The van der Waals surface area contributed by atoms with Crippen LogP contribution in [0.2, 0.25) is 5.02 Å². The largest absolute Gasteiger partial charge is 0.308 e. The predicted molar refractivity (Wildman–Crippen MR) is 71.6 cm³/mol. The molecule has 5 heteroatoms. The fraction of sp³-hybridized carbons (Fsp3) is 0.182. The number of fused-ring (bicyclic) bond motifs is 1. The topological polar surface area (TPSA) is 50.9 Å². The van der Waals surface area contributed by atoms with E-state index < -0.39 is 0 Å². The Labute approximate surface area is 107 Å². The molecule has 0 bridgehead atoms. The lowest BCUT2D eigenvalue weighted by Crippen LogP contribution is -2.11. The van der Waals surface area contributed by atoms with Crippen LogP contribution < -0.4 is 11.3 Å². The molecular formula is C11H11BrClN3. The van der Waals surface area contributed by atoms with Crippen LogP contribution in [0.4, 0.5) is 5.82 Å². The summed E-state index contributed by atoms with van der Waals surface area (Å²) in [7, 11) is 0. The van der Waals surface area contributed by atoms with E-state index in [1.165, 1.54) is 0 Å². The lowest BCUT2D eigenvalue weighted by molar-refractivity contribution is 1.10. The highest BCUT2D eigenvalue weighted by atomic mass is 79.9. The van der Waals surface area contributed by atoms with Crippen LogP contribution in [0.15, 0.2) is 22.7 Å². The molecule has 0 fully saturated rings. The Bertz CT molecular complexity index is 494. The number of hydrogen-bond acceptors (Lipinski definition) is 3. The Morgan fingerprint density at radius 2 is 2.25 bits per heavy atom. The number of anilines is 1. The van der Waals surface area contributed by atoms with Crippen LogP contribution in [-0.4, -0.2) is 4.98 Å². The molecule has 1 aromatic carbocycles. The monoisotopic (exact) mass is 299 g/mol. The van der Waals surface area contributed by atoms with Gasteiger partial charge in [-0.25, -0.2) is 10.8 Å². The molecule has 0 radical (unpaired) electrons. The van der Waals surface area contributed by atoms with Gasteiger partial charge in [0, 0.05) is 9.86 Å². The van der Waals surface area contributed by atoms with Crippen LogP contribution in [0, 0.1) is 0 Å². The minimum absolute atomic E-state index is 0.623. The fourth-order valence-corrected chi connectivity index (χ4v) is 2.27. The molecule has 0 aliphatic heterocycles. The Kier molecular flexibility index (Phi) is 3.33. The molecule has 3 nitrogen and oxygen atoms in total. The number of halogens is 2. The molecule has 84 valence electrons. The zero-order valence-corrected chi connectivity index (χ0v) is 11.1. The van der Waals surface area contributed by atoms with E-state index in [1.54, 1.807) is 0 Å². The van der Waals surface area contributed by atoms with Crippen LogP contribution in [0.3, 0.4) is 0 Å². The number of hydrazine groups is 1. The zero-order chi connectivity index (χ0) is 11.7. The molecule has 0 saturated carbocycles. The molecule has 3 N–H and O–H groups in total. The van der Waals surface area contributed by atoms with Gasteiger partial charge < -0.3 is 5.43 Å². The quantitative estimate of drug-likeness (QED) is 0.659. The second-order valence-corrected chi connectivity index (χ2v) is 4.68. The van der Waals surface area contributed by atoms with E-state index in [1.807, 2.05) is 18.2 Å². The summed E-state index contributed by atoms with van der Waals surface area (Å²) in [6.07, 6.45) is 0.863. The maximum Gasteiger partial charge on any atom is 0.143 e. The standard InChI is InChI=1S/C11H11BrClN3/c1-2-6-5-7-8(12)3-4-9(13)10(7)15-11(6)16-14/h3-5H,2,14H2,1H3,(H,15,16). The van der Waals surface area contributed by atoms with E-state index in [2.05, 4.69) is 33.3 Å². The third-order valence-corrected chi connectivity index (χ3v) is 3.48. The van der Waals surface area contributed by atoms with Gasteiger partial charge in [-0.15, -0.1) is 0 Å². The van der Waals surface area contributed by atoms with Gasteiger partial charge in [-0.05, 0) is 30.2 Å². The first-order chi connectivity index (χ1) is 7.67. The number of rotatable bonds is 2. The summed E-state index contributed by atoms with van der Waals surface area (Å²) in [6.45, 7) is 2.06. The SMILES string of the molecule is CCc1cc2c(Br)ccc(Cl)c2nc1NN. The number of benzene rings is 1. The van der Waals surface area contributed by atoms with Gasteiger partial charge in [-0.3, -0.25) is 0 Å². The van der Waals surface area contributed by atoms with Crippen molar-refractivity contribution in [2.45, 2.75) is 13.3 Å². The lowest BCUT2D eigenvalue weighted by Gasteiger charge is -2.10. The zero-order valence-electron chi connectivity index (χ0n) is 8.72. The average Bonchev–Trinajstić information content (AvgIpc) is 2.32. The number of nitrogens with one attached hydrogen (secondary N) is 1. The number of nitrogen functional groups attached to an aromatic ring is 1. The van der Waals surface area contributed by atoms with Crippen molar-refractivity contribution in [2.75, 3.05) is 5.43 Å². The van der Waals surface area contributed by atoms with Crippen molar-refractivity contribution in [3.8, 4) is 0 Å². The van der Waals surface area contributed by atoms with E-state index in [9.17, 15) is 0 Å². The molecule has 0 saturated heterocycles. The van der Waals surface area contributed by atoms with Crippen molar-refractivity contribution in [1.29, 1.82) is 0 Å². The normalized spacial score (nSPS) is 10.8. The summed E-state index contributed by atoms with van der Waals surface area (Å²) < 4.78 is 0.984. The predicted octanol–water partition coefficient (Wildman–Crippen LogP) is 3.50. The van der Waals surface area contributed by atoms with Crippen LogP contribution in [0.25, 0.3) is 10.9 Å². The summed E-state index contributed by atoms with van der Waals surface area (Å²) in [5.74, 6) is 6.11. The van der Waals surface area contributed by atoms with Gasteiger partial charge in [0.05, 0.1) is 10.5 Å². The highest BCUT2D eigenvalue weighted by molar-refractivity contribution is 9.10. The first-order valence-electron chi connectivity index (χ1n) is 4.91. The van der Waals surface area contributed by atoms with Gasteiger partial charge in [0.15, 0.2) is 0 Å². The highest BCUT2D eigenvalue weighted by Gasteiger charge is 2.09. The van der Waals surface area contributed by atoms with Gasteiger partial charge in [-0.1, -0.05) is 34.5 Å². The molecule has 16 heavy (non-hydrogen) atoms. The number of aryl methyl sites for hydroxylation is 1. The molecule has 2 aromatic rings. The molecule has 0 aliphatic rings. The lowest BCUT2D eigenvalue weighted by atomic mass is 10.1. The molecule has 0 unspecified atom stereocenters. The third-order valence-electron chi connectivity index (χ3n) is 2.48. The van der Waals surface area contributed by atoms with Crippen LogP contribution >= 0.6 is 27.5 Å². The molecule has 0 aliphatic carbocycles. The second-order valence-electron chi connectivity index (χ2n) is 3.42.